The van der Waals surface area contributed by atoms with Crippen molar-refractivity contribution in [2.45, 2.75) is 19.3 Å². The fourth-order valence-corrected chi connectivity index (χ4v) is 1.32. The van der Waals surface area contributed by atoms with E-state index in [1.54, 1.807) is 6.20 Å². The summed E-state index contributed by atoms with van der Waals surface area (Å²) >= 11 is 3.27. The molecule has 0 spiro atoms. The van der Waals surface area contributed by atoms with Crippen LogP contribution in [0.3, 0.4) is 0 Å². The second kappa shape index (κ2) is 2.89. The van der Waals surface area contributed by atoms with Crippen molar-refractivity contribution < 1.29 is 0 Å². The van der Waals surface area contributed by atoms with E-state index in [0.717, 1.165) is 22.8 Å². The molecule has 1 saturated carbocycles. The first-order chi connectivity index (χ1) is 5.34. The van der Waals surface area contributed by atoms with E-state index in [0.29, 0.717) is 0 Å². The maximum Gasteiger partial charge on any atom is 0.129 e. The Morgan fingerprint density at radius 2 is 2.45 bits per heavy atom. The molecule has 1 aliphatic carbocycles. The molecule has 0 aromatic carbocycles. The zero-order chi connectivity index (χ0) is 7.68. The smallest absolute Gasteiger partial charge is 0.129 e. The summed E-state index contributed by atoms with van der Waals surface area (Å²) in [7, 11) is 0. The molecule has 1 aliphatic rings. The number of aromatic nitrogens is 2. The van der Waals surface area contributed by atoms with Gasteiger partial charge in [0.1, 0.15) is 10.4 Å². The summed E-state index contributed by atoms with van der Waals surface area (Å²) in [6.45, 7) is 0. The highest BCUT2D eigenvalue weighted by Gasteiger charge is 2.22. The minimum Gasteiger partial charge on any atom is -0.241 e. The largest absolute Gasteiger partial charge is 0.241 e. The third-order valence-electron chi connectivity index (χ3n) is 1.79. The summed E-state index contributed by atoms with van der Waals surface area (Å²) in [5, 5.41) is 0. The first-order valence-electron chi connectivity index (χ1n) is 3.73. The normalized spacial score (nSPS) is 16.8. The highest BCUT2D eigenvalue weighted by Crippen LogP contribution is 2.31. The van der Waals surface area contributed by atoms with Gasteiger partial charge in [0.25, 0.3) is 0 Å². The fourth-order valence-electron chi connectivity index (χ4n) is 1.01. The maximum atomic E-state index is 4.20. The van der Waals surface area contributed by atoms with Gasteiger partial charge in [-0.2, -0.15) is 0 Å². The molecule has 0 aliphatic heterocycles. The lowest BCUT2D eigenvalue weighted by Crippen LogP contribution is -1.95. The van der Waals surface area contributed by atoms with Crippen LogP contribution in [-0.2, 0) is 6.42 Å². The van der Waals surface area contributed by atoms with E-state index < -0.39 is 0 Å². The average Bonchev–Trinajstić information content (AvgIpc) is 2.71. The molecule has 57 valence electrons. The van der Waals surface area contributed by atoms with E-state index in [1.807, 2.05) is 0 Å². The highest BCUT2D eigenvalue weighted by atomic mass is 79.9. The van der Waals surface area contributed by atoms with Gasteiger partial charge >= 0.3 is 0 Å². The predicted octanol–water partition coefficient (Wildman–Crippen LogP) is 1.99. The van der Waals surface area contributed by atoms with Gasteiger partial charge in [0.15, 0.2) is 0 Å². The van der Waals surface area contributed by atoms with E-state index in [9.17, 15) is 0 Å². The van der Waals surface area contributed by atoms with Crippen LogP contribution in [0.2, 0.25) is 0 Å². The summed E-state index contributed by atoms with van der Waals surface area (Å²) in [5.41, 5.74) is 0. The molecular weight excluding hydrogens is 204 g/mol. The van der Waals surface area contributed by atoms with E-state index >= 15 is 0 Å². The summed E-state index contributed by atoms with van der Waals surface area (Å²) in [4.78, 5) is 8.33. The summed E-state index contributed by atoms with van der Waals surface area (Å²) in [6.07, 6.45) is 5.40. The van der Waals surface area contributed by atoms with Crippen LogP contribution in [0.15, 0.2) is 10.8 Å². The Labute approximate surface area is 74.2 Å². The molecule has 0 bridgehead atoms. The van der Waals surface area contributed by atoms with Crippen LogP contribution in [0, 0.1) is 12.0 Å². The Morgan fingerprint density at radius 1 is 1.64 bits per heavy atom. The van der Waals surface area contributed by atoms with Crippen LogP contribution in [0.1, 0.15) is 18.7 Å². The molecule has 1 heterocycles. The van der Waals surface area contributed by atoms with Gasteiger partial charge in [-0.1, -0.05) is 0 Å². The molecule has 0 atom stereocenters. The summed E-state index contributed by atoms with van der Waals surface area (Å²) in [6, 6.07) is 2.86. The molecule has 0 unspecified atom stereocenters. The number of hydrogen-bond donors (Lipinski definition) is 0. The molecule has 1 aromatic rings. The van der Waals surface area contributed by atoms with Gasteiger partial charge in [0.05, 0.1) is 0 Å². The standard InChI is InChI=1S/C8H8BrN2/c9-7-3-4-10-8(11-7)5-6-1-2-6/h4,6H,1-2,5H2. The first-order valence-corrected chi connectivity index (χ1v) is 4.53. The number of nitrogens with zero attached hydrogens (tertiary/aromatic N) is 2. The van der Waals surface area contributed by atoms with Crippen molar-refractivity contribution in [1.82, 2.24) is 9.97 Å². The molecule has 1 aromatic heterocycles. The van der Waals surface area contributed by atoms with E-state index in [2.05, 4.69) is 32.0 Å². The van der Waals surface area contributed by atoms with Crippen molar-refractivity contribution >= 4 is 15.9 Å². The lowest BCUT2D eigenvalue weighted by atomic mass is 10.3. The molecule has 0 saturated heterocycles. The van der Waals surface area contributed by atoms with Crippen LogP contribution in [0.25, 0.3) is 0 Å². The molecule has 2 nitrogen and oxygen atoms in total. The first kappa shape index (κ1) is 7.22. The molecule has 1 fully saturated rings. The minimum atomic E-state index is 0.767. The third kappa shape index (κ3) is 1.99. The maximum absolute atomic E-state index is 4.20. The van der Waals surface area contributed by atoms with E-state index in [4.69, 9.17) is 0 Å². The molecule has 2 rings (SSSR count). The number of rotatable bonds is 2. The monoisotopic (exact) mass is 211 g/mol. The van der Waals surface area contributed by atoms with Crippen LogP contribution < -0.4 is 0 Å². The molecule has 0 amide bonds. The minimum absolute atomic E-state index is 0.767. The lowest BCUT2D eigenvalue weighted by molar-refractivity contribution is 0.765. The number of halogens is 1. The van der Waals surface area contributed by atoms with Crippen molar-refractivity contribution in [3.8, 4) is 0 Å². The van der Waals surface area contributed by atoms with E-state index in [1.165, 1.54) is 12.8 Å². The van der Waals surface area contributed by atoms with Crippen LogP contribution in [0.5, 0.6) is 0 Å². The Hall–Kier alpha value is -0.440. The Bertz CT molecular complexity index is 258. The molecular formula is C8H8BrN2. The van der Waals surface area contributed by atoms with Gasteiger partial charge in [-0.15, -0.1) is 0 Å². The molecule has 0 N–H and O–H groups in total. The molecule has 11 heavy (non-hydrogen) atoms. The second-order valence-electron chi connectivity index (χ2n) is 2.87. The lowest BCUT2D eigenvalue weighted by Gasteiger charge is -1.95. The zero-order valence-corrected chi connectivity index (χ0v) is 7.63. The van der Waals surface area contributed by atoms with Crippen LogP contribution in [-0.4, -0.2) is 9.97 Å². The average molecular weight is 212 g/mol. The molecule has 3 heteroatoms. The van der Waals surface area contributed by atoms with E-state index in [-0.39, 0.29) is 0 Å². The van der Waals surface area contributed by atoms with Crippen molar-refractivity contribution in [2.24, 2.45) is 5.92 Å². The highest BCUT2D eigenvalue weighted by molar-refractivity contribution is 9.10. The topological polar surface area (TPSA) is 25.8 Å². The van der Waals surface area contributed by atoms with Crippen molar-refractivity contribution in [3.05, 3.63) is 22.7 Å². The fraction of sp³-hybridized carbons (Fsp3) is 0.500. The van der Waals surface area contributed by atoms with Gasteiger partial charge in [-0.3, -0.25) is 0 Å². The zero-order valence-electron chi connectivity index (χ0n) is 6.05. The SMILES string of the molecule is Brc1[c]cnc(CC2CC2)n1. The Morgan fingerprint density at radius 3 is 3.09 bits per heavy atom. The van der Waals surface area contributed by atoms with Gasteiger partial charge in [0, 0.05) is 18.7 Å². The van der Waals surface area contributed by atoms with Gasteiger partial charge in [-0.25, -0.2) is 9.97 Å². The van der Waals surface area contributed by atoms with Crippen molar-refractivity contribution in [2.75, 3.05) is 0 Å². The van der Waals surface area contributed by atoms with Crippen LogP contribution in [0.4, 0.5) is 0 Å². The molecule has 1 radical (unpaired) electrons. The summed E-state index contributed by atoms with van der Waals surface area (Å²) in [5.74, 6) is 1.79. The van der Waals surface area contributed by atoms with Gasteiger partial charge in [-0.05, 0) is 34.7 Å². The number of hydrogen-bond acceptors (Lipinski definition) is 2. The Balaban J connectivity index is 2.10. The van der Waals surface area contributed by atoms with Gasteiger partial charge in [0.2, 0.25) is 0 Å². The quantitative estimate of drug-likeness (QED) is 0.700. The third-order valence-corrected chi connectivity index (χ3v) is 2.20. The van der Waals surface area contributed by atoms with Gasteiger partial charge < -0.3 is 0 Å². The summed E-state index contributed by atoms with van der Waals surface area (Å²) < 4.78 is 0.767. The predicted molar refractivity (Wildman–Crippen MR) is 45.0 cm³/mol. The van der Waals surface area contributed by atoms with Crippen molar-refractivity contribution in [1.29, 1.82) is 0 Å². The Kier molecular flexibility index (Phi) is 1.90. The van der Waals surface area contributed by atoms with Crippen LogP contribution >= 0.6 is 15.9 Å². The second-order valence-corrected chi connectivity index (χ2v) is 3.62. The van der Waals surface area contributed by atoms with Crippen molar-refractivity contribution in [3.63, 3.8) is 0 Å².